The SMILES string of the molecule is CC(C)OCCN(C)CCN1CCN(C)CC1. The van der Waals surface area contributed by atoms with Crippen LogP contribution < -0.4 is 0 Å². The van der Waals surface area contributed by atoms with Crippen LogP contribution in [-0.4, -0.2) is 87.3 Å². The molecule has 0 spiro atoms. The Morgan fingerprint density at radius 3 is 2.35 bits per heavy atom. The Hall–Kier alpha value is -0.160. The molecule has 0 aliphatic carbocycles. The zero-order chi connectivity index (χ0) is 12.7. The molecule has 0 amide bonds. The van der Waals surface area contributed by atoms with E-state index in [1.807, 2.05) is 0 Å². The van der Waals surface area contributed by atoms with E-state index in [2.05, 4.69) is 42.6 Å². The van der Waals surface area contributed by atoms with E-state index < -0.39 is 0 Å². The highest BCUT2D eigenvalue weighted by Crippen LogP contribution is 1.99. The lowest BCUT2D eigenvalue weighted by atomic mass is 10.3. The Kier molecular flexibility index (Phi) is 7.04. The van der Waals surface area contributed by atoms with Crippen molar-refractivity contribution >= 4 is 0 Å². The zero-order valence-electron chi connectivity index (χ0n) is 12.0. The van der Waals surface area contributed by atoms with Crippen molar-refractivity contribution in [2.24, 2.45) is 0 Å². The second kappa shape index (κ2) is 8.03. The number of rotatable bonds is 7. The molecule has 1 rings (SSSR count). The largest absolute Gasteiger partial charge is 0.377 e. The van der Waals surface area contributed by atoms with Crippen molar-refractivity contribution in [3.63, 3.8) is 0 Å². The van der Waals surface area contributed by atoms with Gasteiger partial charge in [0.1, 0.15) is 0 Å². The lowest BCUT2D eigenvalue weighted by molar-refractivity contribution is 0.0604. The molecule has 1 fully saturated rings. The molecular weight excluding hydrogens is 214 g/mol. The van der Waals surface area contributed by atoms with E-state index in [4.69, 9.17) is 4.74 Å². The van der Waals surface area contributed by atoms with Gasteiger partial charge in [0.2, 0.25) is 0 Å². The standard InChI is InChI=1S/C13H29N3O/c1-13(2)17-12-11-15(4)7-10-16-8-5-14(3)6-9-16/h13H,5-12H2,1-4H3. The molecular formula is C13H29N3O. The number of hydrogen-bond donors (Lipinski definition) is 0. The van der Waals surface area contributed by atoms with E-state index in [0.29, 0.717) is 6.10 Å². The van der Waals surface area contributed by atoms with Gasteiger partial charge in [0.25, 0.3) is 0 Å². The van der Waals surface area contributed by atoms with Crippen molar-refractivity contribution in [3.8, 4) is 0 Å². The molecule has 4 heteroatoms. The minimum absolute atomic E-state index is 0.348. The van der Waals surface area contributed by atoms with Crippen molar-refractivity contribution in [2.75, 3.05) is 66.5 Å². The van der Waals surface area contributed by atoms with Crippen molar-refractivity contribution in [1.82, 2.24) is 14.7 Å². The van der Waals surface area contributed by atoms with Gasteiger partial charge in [-0.15, -0.1) is 0 Å². The van der Waals surface area contributed by atoms with E-state index in [1.165, 1.54) is 32.7 Å². The number of nitrogens with zero attached hydrogens (tertiary/aromatic N) is 3. The highest BCUT2D eigenvalue weighted by atomic mass is 16.5. The lowest BCUT2D eigenvalue weighted by Crippen LogP contribution is -2.46. The summed E-state index contributed by atoms with van der Waals surface area (Å²) in [6.07, 6.45) is 0.348. The van der Waals surface area contributed by atoms with E-state index in [1.54, 1.807) is 0 Å². The fraction of sp³-hybridized carbons (Fsp3) is 1.00. The summed E-state index contributed by atoms with van der Waals surface area (Å²) in [7, 11) is 4.38. The Bertz CT molecular complexity index is 191. The van der Waals surface area contributed by atoms with Crippen LogP contribution in [0.1, 0.15) is 13.8 Å². The summed E-state index contributed by atoms with van der Waals surface area (Å²) in [5, 5.41) is 0. The third kappa shape index (κ3) is 6.99. The average Bonchev–Trinajstić information content (AvgIpc) is 2.28. The molecule has 102 valence electrons. The average molecular weight is 243 g/mol. The van der Waals surface area contributed by atoms with Crippen molar-refractivity contribution in [2.45, 2.75) is 20.0 Å². The van der Waals surface area contributed by atoms with Gasteiger partial charge in [-0.3, -0.25) is 4.90 Å². The lowest BCUT2D eigenvalue weighted by Gasteiger charge is -2.33. The fourth-order valence-electron chi connectivity index (χ4n) is 1.94. The minimum Gasteiger partial charge on any atom is -0.377 e. The molecule has 0 aromatic carbocycles. The molecule has 1 aliphatic heterocycles. The van der Waals surface area contributed by atoms with Gasteiger partial charge in [-0.05, 0) is 27.9 Å². The number of likely N-dealkylation sites (N-methyl/N-ethyl adjacent to an activating group) is 2. The second-order valence-corrected chi connectivity index (χ2v) is 5.37. The molecule has 0 bridgehead atoms. The molecule has 1 aliphatic rings. The summed E-state index contributed by atoms with van der Waals surface area (Å²) in [6.45, 7) is 13.2. The summed E-state index contributed by atoms with van der Waals surface area (Å²) < 4.78 is 5.56. The Morgan fingerprint density at radius 1 is 1.12 bits per heavy atom. The quantitative estimate of drug-likeness (QED) is 0.651. The van der Waals surface area contributed by atoms with Gasteiger partial charge in [0.05, 0.1) is 12.7 Å². The monoisotopic (exact) mass is 243 g/mol. The predicted molar refractivity (Wildman–Crippen MR) is 72.5 cm³/mol. The summed E-state index contributed by atoms with van der Waals surface area (Å²) in [5.74, 6) is 0. The topological polar surface area (TPSA) is 19.0 Å². The molecule has 0 atom stereocenters. The van der Waals surface area contributed by atoms with Crippen LogP contribution in [0.25, 0.3) is 0 Å². The van der Waals surface area contributed by atoms with Crippen molar-refractivity contribution in [1.29, 1.82) is 0 Å². The van der Waals surface area contributed by atoms with Crippen LogP contribution in [0, 0.1) is 0 Å². The maximum absolute atomic E-state index is 5.56. The van der Waals surface area contributed by atoms with Crippen LogP contribution >= 0.6 is 0 Å². The molecule has 1 heterocycles. The second-order valence-electron chi connectivity index (χ2n) is 5.37. The fourth-order valence-corrected chi connectivity index (χ4v) is 1.94. The van der Waals surface area contributed by atoms with Crippen LogP contribution in [0.2, 0.25) is 0 Å². The van der Waals surface area contributed by atoms with Gasteiger partial charge >= 0.3 is 0 Å². The highest BCUT2D eigenvalue weighted by molar-refractivity contribution is 4.70. The van der Waals surface area contributed by atoms with Gasteiger partial charge < -0.3 is 14.5 Å². The van der Waals surface area contributed by atoms with E-state index in [9.17, 15) is 0 Å². The molecule has 0 saturated carbocycles. The van der Waals surface area contributed by atoms with Crippen LogP contribution in [0.4, 0.5) is 0 Å². The number of ether oxygens (including phenoxy) is 1. The van der Waals surface area contributed by atoms with Gasteiger partial charge in [-0.2, -0.15) is 0 Å². The molecule has 17 heavy (non-hydrogen) atoms. The van der Waals surface area contributed by atoms with Gasteiger partial charge in [0.15, 0.2) is 0 Å². The van der Waals surface area contributed by atoms with Crippen molar-refractivity contribution in [3.05, 3.63) is 0 Å². The third-order valence-electron chi connectivity index (χ3n) is 3.32. The molecule has 1 saturated heterocycles. The first-order valence-corrected chi connectivity index (χ1v) is 6.79. The molecule has 0 aromatic rings. The first kappa shape index (κ1) is 14.9. The molecule has 0 aromatic heterocycles. The summed E-state index contributed by atoms with van der Waals surface area (Å²) >= 11 is 0. The third-order valence-corrected chi connectivity index (χ3v) is 3.32. The molecule has 0 unspecified atom stereocenters. The smallest absolute Gasteiger partial charge is 0.0596 e. The van der Waals surface area contributed by atoms with Crippen molar-refractivity contribution < 1.29 is 4.74 Å². The van der Waals surface area contributed by atoms with Gasteiger partial charge in [0, 0.05) is 45.8 Å². The Morgan fingerprint density at radius 2 is 1.76 bits per heavy atom. The Balaban J connectivity index is 2.01. The normalized spacial score (nSPS) is 19.4. The van der Waals surface area contributed by atoms with Crippen LogP contribution in [0.5, 0.6) is 0 Å². The van der Waals surface area contributed by atoms with E-state index >= 15 is 0 Å². The molecule has 4 nitrogen and oxygen atoms in total. The first-order chi connectivity index (χ1) is 8.08. The van der Waals surface area contributed by atoms with Crippen LogP contribution in [-0.2, 0) is 4.74 Å². The number of hydrogen-bond acceptors (Lipinski definition) is 4. The summed E-state index contributed by atoms with van der Waals surface area (Å²) in [6, 6.07) is 0. The highest BCUT2D eigenvalue weighted by Gasteiger charge is 2.13. The predicted octanol–water partition coefficient (Wildman–Crippen LogP) is 0.591. The Labute approximate surface area is 107 Å². The maximum atomic E-state index is 5.56. The van der Waals surface area contributed by atoms with Gasteiger partial charge in [-0.1, -0.05) is 0 Å². The summed E-state index contributed by atoms with van der Waals surface area (Å²) in [4.78, 5) is 7.32. The first-order valence-electron chi connectivity index (χ1n) is 6.79. The van der Waals surface area contributed by atoms with E-state index in [-0.39, 0.29) is 0 Å². The van der Waals surface area contributed by atoms with Gasteiger partial charge in [-0.25, -0.2) is 0 Å². The maximum Gasteiger partial charge on any atom is 0.0596 e. The molecule has 0 radical (unpaired) electrons. The van der Waals surface area contributed by atoms with E-state index in [0.717, 1.165) is 19.7 Å². The summed E-state index contributed by atoms with van der Waals surface area (Å²) in [5.41, 5.74) is 0. The zero-order valence-corrected chi connectivity index (χ0v) is 12.0. The minimum atomic E-state index is 0.348. The molecule has 0 N–H and O–H groups in total. The van der Waals surface area contributed by atoms with Crippen LogP contribution in [0.3, 0.4) is 0 Å². The van der Waals surface area contributed by atoms with Crippen LogP contribution in [0.15, 0.2) is 0 Å². The number of piperazine rings is 1.